The first-order valence-corrected chi connectivity index (χ1v) is 7.26. The predicted octanol–water partition coefficient (Wildman–Crippen LogP) is 2.33. The molecule has 22 heavy (non-hydrogen) atoms. The zero-order valence-electron chi connectivity index (χ0n) is 13.4. The average Bonchev–Trinajstić information content (AvgIpc) is 2.65. The molecule has 0 unspecified atom stereocenters. The Balaban J connectivity index is 2.29. The Morgan fingerprint density at radius 3 is 2.23 bits per heavy atom. The number of rotatable bonds is 4. The van der Waals surface area contributed by atoms with Gasteiger partial charge in [0.05, 0.1) is 24.4 Å². The quantitative estimate of drug-likeness (QED) is 0.838. The standard InChI is InChI=1S/C16H22BFO4/c1-15(2)16(3,4)22-17(21-15)13(10-20)8-12-6-5-11(9-19)7-14(12)18/h5-8,19-20H,9-10H2,1-4H3. The van der Waals surface area contributed by atoms with Gasteiger partial charge in [0.15, 0.2) is 0 Å². The van der Waals surface area contributed by atoms with Crippen molar-refractivity contribution in [1.29, 1.82) is 0 Å². The van der Waals surface area contributed by atoms with E-state index in [1.54, 1.807) is 12.1 Å². The molecule has 120 valence electrons. The maximum absolute atomic E-state index is 14.0. The van der Waals surface area contributed by atoms with Crippen molar-refractivity contribution in [2.75, 3.05) is 6.61 Å². The molecule has 0 aromatic heterocycles. The Morgan fingerprint density at radius 2 is 1.77 bits per heavy atom. The molecule has 1 fully saturated rings. The van der Waals surface area contributed by atoms with E-state index in [1.807, 2.05) is 27.7 Å². The van der Waals surface area contributed by atoms with Crippen LogP contribution in [0.15, 0.2) is 23.7 Å². The van der Waals surface area contributed by atoms with Crippen LogP contribution in [0.1, 0.15) is 38.8 Å². The molecule has 0 radical (unpaired) electrons. The van der Waals surface area contributed by atoms with Gasteiger partial charge >= 0.3 is 7.12 Å². The van der Waals surface area contributed by atoms with E-state index in [-0.39, 0.29) is 13.2 Å². The largest absolute Gasteiger partial charge is 0.492 e. The summed E-state index contributed by atoms with van der Waals surface area (Å²) in [6, 6.07) is 4.46. The minimum atomic E-state index is -0.716. The van der Waals surface area contributed by atoms with Crippen LogP contribution in [0.4, 0.5) is 4.39 Å². The van der Waals surface area contributed by atoms with E-state index >= 15 is 0 Å². The van der Waals surface area contributed by atoms with E-state index in [9.17, 15) is 9.50 Å². The molecule has 2 rings (SSSR count). The van der Waals surface area contributed by atoms with Crippen molar-refractivity contribution in [3.63, 3.8) is 0 Å². The first kappa shape index (κ1) is 17.2. The lowest BCUT2D eigenvalue weighted by atomic mass is 9.77. The number of aliphatic hydroxyl groups excluding tert-OH is 2. The summed E-state index contributed by atoms with van der Waals surface area (Å²) in [5.41, 5.74) is 0.220. The molecule has 1 aliphatic heterocycles. The van der Waals surface area contributed by atoms with Gasteiger partial charge in [-0.2, -0.15) is 0 Å². The van der Waals surface area contributed by atoms with Gasteiger partial charge in [-0.15, -0.1) is 0 Å². The van der Waals surface area contributed by atoms with Crippen LogP contribution < -0.4 is 0 Å². The van der Waals surface area contributed by atoms with E-state index in [0.29, 0.717) is 16.6 Å². The van der Waals surface area contributed by atoms with Gasteiger partial charge in [-0.25, -0.2) is 4.39 Å². The van der Waals surface area contributed by atoms with Crippen LogP contribution in [-0.2, 0) is 15.9 Å². The third kappa shape index (κ3) is 3.25. The molecule has 1 saturated heterocycles. The zero-order valence-corrected chi connectivity index (χ0v) is 13.4. The third-order valence-electron chi connectivity index (χ3n) is 4.33. The molecule has 2 N–H and O–H groups in total. The maximum atomic E-state index is 14.0. The molecule has 0 spiro atoms. The minimum absolute atomic E-state index is 0.217. The van der Waals surface area contributed by atoms with Gasteiger partial charge in [-0.3, -0.25) is 0 Å². The van der Waals surface area contributed by atoms with Crippen molar-refractivity contribution < 1.29 is 23.9 Å². The van der Waals surface area contributed by atoms with Gasteiger partial charge in [0.1, 0.15) is 5.82 Å². The van der Waals surface area contributed by atoms with E-state index in [0.717, 1.165) is 0 Å². The highest BCUT2D eigenvalue weighted by Gasteiger charge is 2.52. The fourth-order valence-corrected chi connectivity index (χ4v) is 2.17. The van der Waals surface area contributed by atoms with Crippen LogP contribution in [0.2, 0.25) is 0 Å². The van der Waals surface area contributed by atoms with Gasteiger partial charge in [0, 0.05) is 5.56 Å². The van der Waals surface area contributed by atoms with Crippen LogP contribution in [0.5, 0.6) is 0 Å². The van der Waals surface area contributed by atoms with Gasteiger partial charge < -0.3 is 19.5 Å². The topological polar surface area (TPSA) is 58.9 Å². The molecule has 4 nitrogen and oxygen atoms in total. The Hall–Kier alpha value is -1.21. The summed E-state index contributed by atoms with van der Waals surface area (Å²) in [5, 5.41) is 18.6. The smallest absolute Gasteiger partial charge is 0.400 e. The molecule has 6 heteroatoms. The monoisotopic (exact) mass is 308 g/mol. The molecule has 0 saturated carbocycles. The van der Waals surface area contributed by atoms with Crippen molar-refractivity contribution in [3.8, 4) is 0 Å². The fraction of sp³-hybridized carbons (Fsp3) is 0.500. The molecule has 1 heterocycles. The summed E-state index contributed by atoms with van der Waals surface area (Å²) in [4.78, 5) is 0. The summed E-state index contributed by atoms with van der Waals surface area (Å²) >= 11 is 0. The van der Waals surface area contributed by atoms with E-state index in [4.69, 9.17) is 14.4 Å². The number of hydrogen-bond acceptors (Lipinski definition) is 4. The second-order valence-electron chi connectivity index (χ2n) is 6.48. The second-order valence-corrected chi connectivity index (χ2v) is 6.48. The average molecular weight is 308 g/mol. The van der Waals surface area contributed by atoms with Crippen LogP contribution >= 0.6 is 0 Å². The first-order valence-electron chi connectivity index (χ1n) is 7.26. The van der Waals surface area contributed by atoms with Crippen molar-refractivity contribution in [1.82, 2.24) is 0 Å². The Kier molecular flexibility index (Phi) is 4.77. The lowest BCUT2D eigenvalue weighted by molar-refractivity contribution is 0.00578. The van der Waals surface area contributed by atoms with Gasteiger partial charge in [-0.1, -0.05) is 18.2 Å². The molecule has 0 atom stereocenters. The summed E-state index contributed by atoms with van der Waals surface area (Å²) in [7, 11) is -0.716. The molecule has 0 amide bonds. The number of hydrogen-bond donors (Lipinski definition) is 2. The summed E-state index contributed by atoms with van der Waals surface area (Å²) in [6.45, 7) is 7.15. The van der Waals surface area contributed by atoms with Crippen molar-refractivity contribution in [2.45, 2.75) is 45.5 Å². The molecule has 1 aliphatic rings. The van der Waals surface area contributed by atoms with Crippen LogP contribution in [0.25, 0.3) is 6.08 Å². The van der Waals surface area contributed by atoms with Crippen molar-refractivity contribution in [3.05, 3.63) is 40.6 Å². The summed E-state index contributed by atoms with van der Waals surface area (Å²) in [5.74, 6) is -0.464. The Labute approximate surface area is 130 Å². The van der Waals surface area contributed by atoms with E-state index < -0.39 is 24.1 Å². The van der Waals surface area contributed by atoms with Crippen LogP contribution in [-0.4, -0.2) is 35.1 Å². The number of benzene rings is 1. The van der Waals surface area contributed by atoms with Crippen LogP contribution in [0, 0.1) is 5.82 Å². The molecule has 1 aromatic carbocycles. The number of aliphatic hydroxyl groups is 2. The summed E-state index contributed by atoms with van der Waals surface area (Å²) in [6.07, 6.45) is 1.53. The summed E-state index contributed by atoms with van der Waals surface area (Å²) < 4.78 is 25.7. The van der Waals surface area contributed by atoms with E-state index in [2.05, 4.69) is 0 Å². The maximum Gasteiger partial charge on any atom is 0.492 e. The lowest BCUT2D eigenvalue weighted by Crippen LogP contribution is -2.41. The molecular weight excluding hydrogens is 286 g/mol. The van der Waals surface area contributed by atoms with Gasteiger partial charge in [0.25, 0.3) is 0 Å². The third-order valence-corrected chi connectivity index (χ3v) is 4.33. The highest BCUT2D eigenvalue weighted by molar-refractivity contribution is 6.55. The molecule has 1 aromatic rings. The zero-order chi connectivity index (χ0) is 16.5. The highest BCUT2D eigenvalue weighted by Crippen LogP contribution is 2.38. The molecule has 0 aliphatic carbocycles. The highest BCUT2D eigenvalue weighted by atomic mass is 19.1. The lowest BCUT2D eigenvalue weighted by Gasteiger charge is -2.32. The predicted molar refractivity (Wildman–Crippen MR) is 83.5 cm³/mol. The minimum Gasteiger partial charge on any atom is -0.400 e. The van der Waals surface area contributed by atoms with E-state index in [1.165, 1.54) is 12.1 Å². The number of halogens is 1. The Morgan fingerprint density at radius 1 is 1.18 bits per heavy atom. The molecular formula is C16H22BFO4. The fourth-order valence-electron chi connectivity index (χ4n) is 2.17. The Bertz CT molecular complexity index is 568. The second kappa shape index (κ2) is 6.12. The van der Waals surface area contributed by atoms with Crippen LogP contribution in [0.3, 0.4) is 0 Å². The first-order chi connectivity index (χ1) is 10.2. The van der Waals surface area contributed by atoms with Gasteiger partial charge in [-0.05, 0) is 44.8 Å². The van der Waals surface area contributed by atoms with Gasteiger partial charge in [0.2, 0.25) is 0 Å². The normalized spacial score (nSPS) is 20.5. The van der Waals surface area contributed by atoms with Crippen molar-refractivity contribution >= 4 is 13.2 Å². The SMILES string of the molecule is CC1(C)OB(C(=Cc2ccc(CO)cc2F)CO)OC1(C)C. The van der Waals surface area contributed by atoms with Crippen molar-refractivity contribution in [2.24, 2.45) is 0 Å². The molecule has 0 bridgehead atoms.